The Bertz CT molecular complexity index is 1010. The van der Waals surface area contributed by atoms with Crippen LogP contribution in [0.2, 0.25) is 0 Å². The van der Waals surface area contributed by atoms with Crippen molar-refractivity contribution in [2.75, 3.05) is 6.61 Å². The Hall–Kier alpha value is -3.36. The first-order valence-electron chi connectivity index (χ1n) is 8.71. The third kappa shape index (κ3) is 5.13. The summed E-state index contributed by atoms with van der Waals surface area (Å²) in [6, 6.07) is 9.54. The van der Waals surface area contributed by atoms with Crippen molar-refractivity contribution in [2.24, 2.45) is 0 Å². The van der Waals surface area contributed by atoms with Crippen LogP contribution in [0.3, 0.4) is 0 Å². The Labute approximate surface area is 164 Å². The lowest BCUT2D eigenvalue weighted by Crippen LogP contribution is -2.25. The molecule has 0 bridgehead atoms. The molecule has 1 heterocycles. The second kappa shape index (κ2) is 8.34. The van der Waals surface area contributed by atoms with Gasteiger partial charge in [0.2, 0.25) is 5.88 Å². The van der Waals surface area contributed by atoms with Gasteiger partial charge >= 0.3 is 12.1 Å². The van der Waals surface area contributed by atoms with E-state index in [0.29, 0.717) is 11.5 Å². The first-order chi connectivity index (χ1) is 13.8. The molecule has 6 nitrogen and oxygen atoms in total. The van der Waals surface area contributed by atoms with Gasteiger partial charge in [0, 0.05) is 0 Å². The zero-order chi connectivity index (χ0) is 21.0. The molecule has 3 aromatic rings. The van der Waals surface area contributed by atoms with Gasteiger partial charge in [0.25, 0.3) is 0 Å². The van der Waals surface area contributed by atoms with E-state index in [4.69, 9.17) is 14.2 Å². The van der Waals surface area contributed by atoms with Crippen LogP contribution in [0.5, 0.6) is 17.4 Å². The zero-order valence-corrected chi connectivity index (χ0v) is 15.6. The molecule has 0 aliphatic rings. The molecule has 0 saturated carbocycles. The number of ether oxygens (including phenoxy) is 3. The summed E-state index contributed by atoms with van der Waals surface area (Å²) < 4.78 is 54.2. The highest BCUT2D eigenvalue weighted by atomic mass is 19.4. The molecule has 0 amide bonds. The maximum atomic E-state index is 12.8. The third-order valence-corrected chi connectivity index (χ3v) is 3.82. The van der Waals surface area contributed by atoms with Crippen LogP contribution in [-0.4, -0.2) is 28.6 Å². The molecular weight excluding hydrogens is 389 g/mol. The minimum atomic E-state index is -4.44. The number of fused-ring (bicyclic) bond motifs is 1. The van der Waals surface area contributed by atoms with E-state index in [1.807, 2.05) is 0 Å². The second-order valence-corrected chi connectivity index (χ2v) is 6.00. The Morgan fingerprint density at radius 2 is 1.76 bits per heavy atom. The monoisotopic (exact) mass is 406 g/mol. The summed E-state index contributed by atoms with van der Waals surface area (Å²) >= 11 is 0. The van der Waals surface area contributed by atoms with Crippen molar-refractivity contribution >= 4 is 17.0 Å². The van der Waals surface area contributed by atoms with E-state index in [2.05, 4.69) is 9.97 Å². The van der Waals surface area contributed by atoms with Gasteiger partial charge in [0.15, 0.2) is 6.10 Å². The average Bonchev–Trinajstić information content (AvgIpc) is 2.68. The molecule has 3 rings (SSSR count). The molecule has 0 saturated heterocycles. The Morgan fingerprint density at radius 3 is 2.41 bits per heavy atom. The van der Waals surface area contributed by atoms with Crippen LogP contribution in [0.4, 0.5) is 13.2 Å². The van der Waals surface area contributed by atoms with Crippen LogP contribution in [0.1, 0.15) is 19.4 Å². The second-order valence-electron chi connectivity index (χ2n) is 6.00. The SMILES string of the molecule is CCOC(=O)C(C)Oc1ccc(Oc2cnc3cc(C(F)(F)F)ccc3n2)cc1. The fourth-order valence-electron chi connectivity index (χ4n) is 2.44. The maximum absolute atomic E-state index is 12.8. The predicted molar refractivity (Wildman–Crippen MR) is 97.8 cm³/mol. The molecule has 0 spiro atoms. The fraction of sp³-hybridized carbons (Fsp3) is 0.250. The largest absolute Gasteiger partial charge is 0.479 e. The van der Waals surface area contributed by atoms with Crippen molar-refractivity contribution in [1.82, 2.24) is 9.97 Å². The standard InChI is InChI=1S/C20H17F3N2O4/c1-3-27-19(26)12(2)28-14-5-7-15(8-6-14)29-18-11-24-17-10-13(20(21,22)23)4-9-16(17)25-18/h4-12H,3H2,1-2H3. The molecule has 9 heteroatoms. The van der Waals surface area contributed by atoms with E-state index in [9.17, 15) is 18.0 Å². The lowest BCUT2D eigenvalue weighted by Gasteiger charge is -2.13. The summed E-state index contributed by atoms with van der Waals surface area (Å²) in [6.45, 7) is 3.56. The van der Waals surface area contributed by atoms with Gasteiger partial charge in [-0.05, 0) is 56.3 Å². The quantitative estimate of drug-likeness (QED) is 0.549. The maximum Gasteiger partial charge on any atom is 0.416 e. The molecule has 0 radical (unpaired) electrons. The van der Waals surface area contributed by atoms with Gasteiger partial charge in [0.1, 0.15) is 11.5 Å². The molecule has 29 heavy (non-hydrogen) atoms. The van der Waals surface area contributed by atoms with E-state index in [0.717, 1.165) is 12.1 Å². The number of rotatable bonds is 6. The molecule has 0 aliphatic carbocycles. The van der Waals surface area contributed by atoms with Crippen LogP contribution in [0.15, 0.2) is 48.7 Å². The number of nitrogens with zero attached hydrogens (tertiary/aromatic N) is 2. The molecule has 0 fully saturated rings. The van der Waals surface area contributed by atoms with Crippen LogP contribution in [0, 0.1) is 0 Å². The number of carbonyl (C=O) groups is 1. The number of benzene rings is 2. The zero-order valence-electron chi connectivity index (χ0n) is 15.6. The smallest absolute Gasteiger partial charge is 0.416 e. The van der Waals surface area contributed by atoms with Crippen LogP contribution < -0.4 is 9.47 Å². The topological polar surface area (TPSA) is 70.5 Å². The van der Waals surface area contributed by atoms with E-state index in [1.54, 1.807) is 38.1 Å². The molecule has 2 aromatic carbocycles. The van der Waals surface area contributed by atoms with E-state index >= 15 is 0 Å². The van der Waals surface area contributed by atoms with Crippen molar-refractivity contribution in [3.8, 4) is 17.4 Å². The third-order valence-electron chi connectivity index (χ3n) is 3.82. The summed E-state index contributed by atoms with van der Waals surface area (Å²) in [5, 5.41) is 0. The normalized spacial score (nSPS) is 12.4. The number of esters is 1. The number of hydrogen-bond donors (Lipinski definition) is 0. The number of halogens is 3. The van der Waals surface area contributed by atoms with Crippen molar-refractivity contribution in [2.45, 2.75) is 26.1 Å². The summed E-state index contributed by atoms with van der Waals surface area (Å²) in [4.78, 5) is 19.7. The Kier molecular flexibility index (Phi) is 5.86. The number of hydrogen-bond acceptors (Lipinski definition) is 6. The minimum Gasteiger partial charge on any atom is -0.479 e. The minimum absolute atomic E-state index is 0.115. The number of alkyl halides is 3. The predicted octanol–water partition coefficient (Wildman–Crippen LogP) is 4.77. The fourth-order valence-corrected chi connectivity index (χ4v) is 2.44. The molecule has 0 aliphatic heterocycles. The van der Waals surface area contributed by atoms with Crippen LogP contribution in [0.25, 0.3) is 11.0 Å². The van der Waals surface area contributed by atoms with E-state index in [-0.39, 0.29) is 23.5 Å². The lowest BCUT2D eigenvalue weighted by atomic mass is 10.2. The highest BCUT2D eigenvalue weighted by Crippen LogP contribution is 2.31. The highest BCUT2D eigenvalue weighted by molar-refractivity contribution is 5.75. The van der Waals surface area contributed by atoms with Gasteiger partial charge in [-0.2, -0.15) is 13.2 Å². The van der Waals surface area contributed by atoms with Crippen molar-refractivity contribution in [3.63, 3.8) is 0 Å². The number of carbonyl (C=O) groups excluding carboxylic acids is 1. The molecule has 152 valence electrons. The van der Waals surface area contributed by atoms with Crippen LogP contribution >= 0.6 is 0 Å². The molecule has 1 unspecified atom stereocenters. The molecular formula is C20H17F3N2O4. The lowest BCUT2D eigenvalue weighted by molar-refractivity contribution is -0.150. The summed E-state index contributed by atoms with van der Waals surface area (Å²) in [5.74, 6) is 0.530. The molecule has 0 N–H and O–H groups in total. The van der Waals surface area contributed by atoms with Gasteiger partial charge in [-0.25, -0.2) is 14.8 Å². The van der Waals surface area contributed by atoms with Gasteiger partial charge in [-0.3, -0.25) is 0 Å². The van der Waals surface area contributed by atoms with Gasteiger partial charge < -0.3 is 14.2 Å². The summed E-state index contributed by atoms with van der Waals surface area (Å²) in [5.41, 5.74) is -0.400. The highest BCUT2D eigenvalue weighted by Gasteiger charge is 2.30. The average molecular weight is 406 g/mol. The summed E-state index contributed by atoms with van der Waals surface area (Å²) in [6.07, 6.45) is -3.95. The van der Waals surface area contributed by atoms with Crippen molar-refractivity contribution in [1.29, 1.82) is 0 Å². The van der Waals surface area contributed by atoms with Gasteiger partial charge in [-0.1, -0.05) is 0 Å². The van der Waals surface area contributed by atoms with Crippen molar-refractivity contribution < 1.29 is 32.2 Å². The van der Waals surface area contributed by atoms with Crippen LogP contribution in [-0.2, 0) is 15.7 Å². The van der Waals surface area contributed by atoms with Gasteiger partial charge in [-0.15, -0.1) is 0 Å². The molecule has 1 atom stereocenters. The Morgan fingerprint density at radius 1 is 1.07 bits per heavy atom. The first-order valence-corrected chi connectivity index (χ1v) is 8.71. The Balaban J connectivity index is 1.69. The summed E-state index contributed by atoms with van der Waals surface area (Å²) in [7, 11) is 0. The van der Waals surface area contributed by atoms with E-state index < -0.39 is 23.8 Å². The van der Waals surface area contributed by atoms with E-state index in [1.165, 1.54) is 12.3 Å². The first kappa shape index (κ1) is 20.4. The molecule has 1 aromatic heterocycles. The van der Waals surface area contributed by atoms with Gasteiger partial charge in [0.05, 0.1) is 29.4 Å². The number of aromatic nitrogens is 2. The van der Waals surface area contributed by atoms with Crippen molar-refractivity contribution in [3.05, 3.63) is 54.2 Å².